The zero-order chi connectivity index (χ0) is 37.6. The Morgan fingerprint density at radius 3 is 1.87 bits per heavy atom. The fourth-order valence-electron chi connectivity index (χ4n) is 6.56. The summed E-state index contributed by atoms with van der Waals surface area (Å²) in [6.07, 6.45) is 1.05. The van der Waals surface area contributed by atoms with Crippen LogP contribution in [0.4, 0.5) is 4.79 Å². The van der Waals surface area contributed by atoms with Crippen molar-refractivity contribution in [3.8, 4) is 16.9 Å². The van der Waals surface area contributed by atoms with Crippen LogP contribution in [-0.4, -0.2) is 54.2 Å². The molecule has 5 rings (SSSR count). The molecule has 0 fully saturated rings. The number of hydrogen-bond donors (Lipinski definition) is 2. The lowest BCUT2D eigenvalue weighted by atomic mass is 9.83. The van der Waals surface area contributed by atoms with Crippen molar-refractivity contribution in [1.82, 2.24) is 10.2 Å². The number of amides is 2. The van der Waals surface area contributed by atoms with Gasteiger partial charge in [-0.05, 0) is 52.6 Å². The van der Waals surface area contributed by atoms with E-state index in [1.807, 2.05) is 147 Å². The molecule has 2 N–H and O–H groups in total. The Bertz CT molecular complexity index is 1900. The van der Waals surface area contributed by atoms with Crippen molar-refractivity contribution in [3.05, 3.63) is 162 Å². The van der Waals surface area contributed by atoms with Gasteiger partial charge in [0.1, 0.15) is 18.4 Å². The zero-order valence-corrected chi connectivity index (χ0v) is 30.6. The molecule has 8 heteroatoms. The molecule has 0 heterocycles. The van der Waals surface area contributed by atoms with Crippen molar-refractivity contribution in [2.75, 3.05) is 20.2 Å². The summed E-state index contributed by atoms with van der Waals surface area (Å²) in [5, 5.41) is 13.7. The number of aliphatic carboxylic acids is 1. The van der Waals surface area contributed by atoms with Gasteiger partial charge in [0.25, 0.3) is 0 Å². The van der Waals surface area contributed by atoms with Crippen LogP contribution < -0.4 is 10.1 Å². The fraction of sp³-hybridized carbons (Fsp3) is 0.267. The maximum absolute atomic E-state index is 14.3. The Labute approximate surface area is 312 Å². The van der Waals surface area contributed by atoms with E-state index in [-0.39, 0.29) is 19.1 Å². The summed E-state index contributed by atoms with van der Waals surface area (Å²) in [5.74, 6) is -2.52. The number of para-hydroxylation sites is 1. The van der Waals surface area contributed by atoms with Gasteiger partial charge in [-0.15, -0.1) is 0 Å². The molecule has 2 amide bonds. The molecule has 5 aromatic rings. The van der Waals surface area contributed by atoms with Crippen molar-refractivity contribution >= 4 is 18.0 Å². The molecule has 274 valence electrons. The number of hydrogen-bond acceptors (Lipinski definition) is 5. The van der Waals surface area contributed by atoms with Crippen LogP contribution in [0.3, 0.4) is 0 Å². The van der Waals surface area contributed by atoms with Gasteiger partial charge < -0.3 is 24.8 Å². The highest BCUT2D eigenvalue weighted by Gasteiger charge is 2.36. The summed E-state index contributed by atoms with van der Waals surface area (Å²) in [7, 11) is 1.54. The van der Waals surface area contributed by atoms with Crippen LogP contribution >= 0.6 is 0 Å². The highest BCUT2D eigenvalue weighted by atomic mass is 16.5. The zero-order valence-electron chi connectivity index (χ0n) is 30.6. The number of nitrogens with one attached hydrogen (secondary N) is 1. The summed E-state index contributed by atoms with van der Waals surface area (Å²) >= 11 is 0. The summed E-state index contributed by atoms with van der Waals surface area (Å²) in [5.41, 5.74) is 5.26. The molecule has 0 aliphatic heterocycles. The van der Waals surface area contributed by atoms with E-state index in [0.29, 0.717) is 36.3 Å². The lowest BCUT2D eigenvalue weighted by molar-refractivity contribution is -0.150. The number of urea groups is 1. The third-order valence-electron chi connectivity index (χ3n) is 9.22. The van der Waals surface area contributed by atoms with Crippen LogP contribution in [0.15, 0.2) is 140 Å². The molecule has 53 heavy (non-hydrogen) atoms. The van der Waals surface area contributed by atoms with E-state index in [1.165, 1.54) is 0 Å². The smallest absolute Gasteiger partial charge is 0.327 e. The molecule has 0 bridgehead atoms. The van der Waals surface area contributed by atoms with Gasteiger partial charge in [0.2, 0.25) is 0 Å². The van der Waals surface area contributed by atoms with Crippen LogP contribution in [0, 0.1) is 11.8 Å². The molecule has 0 aromatic heterocycles. The van der Waals surface area contributed by atoms with E-state index in [0.717, 1.165) is 22.3 Å². The van der Waals surface area contributed by atoms with Crippen LogP contribution in [0.1, 0.15) is 48.4 Å². The van der Waals surface area contributed by atoms with Gasteiger partial charge in [0.05, 0.1) is 13.0 Å². The van der Waals surface area contributed by atoms with Gasteiger partial charge in [0, 0.05) is 24.6 Å². The number of carbonyl (C=O) groups is 3. The minimum absolute atomic E-state index is 0.0367. The lowest BCUT2D eigenvalue weighted by Crippen LogP contribution is -2.53. The molecular formula is C45H48N2O6. The molecule has 1 unspecified atom stereocenters. The topological polar surface area (TPSA) is 105 Å². The quantitative estimate of drug-likeness (QED) is 0.0936. The van der Waals surface area contributed by atoms with Gasteiger partial charge in [0.15, 0.2) is 0 Å². The molecule has 3 atom stereocenters. The molecular weight excluding hydrogens is 665 g/mol. The molecule has 0 saturated carbocycles. The SMILES string of the molecule is COc1ccccc1C(c1ccc(-c2ccccc2)cc1)[C@H](NC(=O)N(CC(C)C)C[C@H](CCc1ccccc1)C(=O)OCc1ccccc1)C(=O)O. The number of rotatable bonds is 17. The van der Waals surface area contributed by atoms with E-state index >= 15 is 0 Å². The van der Waals surface area contributed by atoms with Crippen LogP contribution in [0.25, 0.3) is 11.1 Å². The van der Waals surface area contributed by atoms with Gasteiger partial charge in [-0.2, -0.15) is 0 Å². The van der Waals surface area contributed by atoms with Gasteiger partial charge in [-0.25, -0.2) is 9.59 Å². The van der Waals surface area contributed by atoms with Crippen LogP contribution in [-0.2, 0) is 27.4 Å². The average Bonchev–Trinajstić information content (AvgIpc) is 3.19. The number of carbonyl (C=O) groups excluding carboxylic acids is 2. The number of nitrogens with zero attached hydrogens (tertiary/aromatic N) is 1. The predicted molar refractivity (Wildman–Crippen MR) is 208 cm³/mol. The third kappa shape index (κ3) is 10.8. The Balaban J connectivity index is 1.44. The van der Waals surface area contributed by atoms with E-state index in [4.69, 9.17) is 9.47 Å². The maximum atomic E-state index is 14.3. The third-order valence-corrected chi connectivity index (χ3v) is 9.22. The average molecular weight is 713 g/mol. The molecule has 5 aromatic carbocycles. The Morgan fingerprint density at radius 2 is 1.26 bits per heavy atom. The molecule has 0 saturated heterocycles. The first-order chi connectivity index (χ1) is 25.7. The number of esters is 1. The summed E-state index contributed by atoms with van der Waals surface area (Å²) < 4.78 is 11.5. The monoisotopic (exact) mass is 712 g/mol. The first kappa shape index (κ1) is 38.3. The second-order valence-electron chi connectivity index (χ2n) is 13.6. The number of aryl methyl sites for hydroxylation is 1. The van der Waals surface area contributed by atoms with E-state index in [9.17, 15) is 19.5 Å². The van der Waals surface area contributed by atoms with Gasteiger partial charge >= 0.3 is 18.0 Å². The second-order valence-corrected chi connectivity index (χ2v) is 13.6. The molecule has 0 radical (unpaired) electrons. The van der Waals surface area contributed by atoms with E-state index in [1.54, 1.807) is 18.1 Å². The summed E-state index contributed by atoms with van der Waals surface area (Å²) in [6, 6.07) is 42.3. The second kappa shape index (κ2) is 19.1. The van der Waals surface area contributed by atoms with Crippen molar-refractivity contribution < 1.29 is 29.0 Å². The van der Waals surface area contributed by atoms with Crippen molar-refractivity contribution in [1.29, 1.82) is 0 Å². The van der Waals surface area contributed by atoms with E-state index < -0.39 is 35.8 Å². The number of carboxylic acid groups (broad SMARTS) is 1. The number of ether oxygens (including phenoxy) is 2. The fourth-order valence-corrected chi connectivity index (χ4v) is 6.56. The minimum Gasteiger partial charge on any atom is -0.496 e. The highest BCUT2D eigenvalue weighted by molar-refractivity contribution is 5.85. The number of benzene rings is 5. The maximum Gasteiger partial charge on any atom is 0.327 e. The Hall–Kier alpha value is -5.89. The largest absolute Gasteiger partial charge is 0.496 e. The van der Waals surface area contributed by atoms with Crippen LogP contribution in [0.2, 0.25) is 0 Å². The highest BCUT2D eigenvalue weighted by Crippen LogP contribution is 2.36. The molecule has 8 nitrogen and oxygen atoms in total. The van der Waals surface area contributed by atoms with Crippen LogP contribution in [0.5, 0.6) is 5.75 Å². The van der Waals surface area contributed by atoms with Gasteiger partial charge in [-0.1, -0.05) is 147 Å². The lowest BCUT2D eigenvalue weighted by Gasteiger charge is -2.32. The number of methoxy groups -OCH3 is 1. The number of carboxylic acids is 1. The first-order valence-corrected chi connectivity index (χ1v) is 18.0. The van der Waals surface area contributed by atoms with E-state index in [2.05, 4.69) is 5.32 Å². The van der Waals surface area contributed by atoms with Crippen molar-refractivity contribution in [2.24, 2.45) is 11.8 Å². The summed E-state index contributed by atoms with van der Waals surface area (Å²) in [4.78, 5) is 42.8. The Kier molecular flexibility index (Phi) is 13.8. The van der Waals surface area contributed by atoms with Gasteiger partial charge in [-0.3, -0.25) is 4.79 Å². The molecule has 0 aliphatic rings. The van der Waals surface area contributed by atoms with Crippen molar-refractivity contribution in [3.63, 3.8) is 0 Å². The molecule has 0 spiro atoms. The Morgan fingerprint density at radius 1 is 0.698 bits per heavy atom. The standard InChI is InChI=1S/C45H48N2O6/c1-32(2)29-47(30-38(24-23-33-15-7-4-8-16-33)44(50)53-31-34-17-9-5-10-18-34)45(51)46-42(43(48)49)41(39-21-13-14-22-40(39)52-3)37-27-25-36(26-28-37)35-19-11-6-12-20-35/h4-22,25-28,32,38,41-42H,23-24,29-31H2,1-3H3,(H,46,51)(H,48,49)/t38-,41?,42-/m0/s1. The minimum atomic E-state index is -1.37. The molecule has 0 aliphatic carbocycles. The summed E-state index contributed by atoms with van der Waals surface area (Å²) in [6.45, 7) is 4.43. The predicted octanol–water partition coefficient (Wildman–Crippen LogP) is 8.61. The van der Waals surface area contributed by atoms with Crippen molar-refractivity contribution in [2.45, 2.75) is 45.3 Å². The normalized spacial score (nSPS) is 12.7. The first-order valence-electron chi connectivity index (χ1n) is 18.0.